The van der Waals surface area contributed by atoms with Gasteiger partial charge in [-0.05, 0) is 22.9 Å². The van der Waals surface area contributed by atoms with Gasteiger partial charge in [-0.25, -0.2) is 0 Å². The zero-order chi connectivity index (χ0) is 7.97. The number of rotatable bonds is 0. The van der Waals surface area contributed by atoms with E-state index in [4.69, 9.17) is 4.74 Å². The molecule has 1 aliphatic heterocycles. The molecule has 1 nitrogen and oxygen atoms in total. The molecule has 3 rings (SSSR count). The first-order valence-corrected chi connectivity index (χ1v) is 5.48. The summed E-state index contributed by atoms with van der Waals surface area (Å²) in [6.45, 7) is 0.739. The highest BCUT2D eigenvalue weighted by atomic mass is 32.1. The Kier molecular flexibility index (Phi) is 1.31. The fraction of sp³-hybridized carbons (Fsp3) is 0.111. The largest absolute Gasteiger partial charge is 0.487 e. The maximum Gasteiger partial charge on any atom is 0.139 e. The monoisotopic (exact) mass is 194 g/mol. The Balaban J connectivity index is 2.32. The third-order valence-electron chi connectivity index (χ3n) is 1.97. The quantitative estimate of drug-likeness (QED) is 0.624. The summed E-state index contributed by atoms with van der Waals surface area (Å²) >= 11 is 3.56. The second kappa shape index (κ2) is 2.34. The lowest BCUT2D eigenvalue weighted by Gasteiger charge is -2.12. The third kappa shape index (κ3) is 0.778. The highest BCUT2D eigenvalue weighted by Gasteiger charge is 2.18. The zero-order valence-electron chi connectivity index (χ0n) is 6.24. The van der Waals surface area contributed by atoms with E-state index < -0.39 is 0 Å². The second-order valence-electron chi connectivity index (χ2n) is 2.68. The summed E-state index contributed by atoms with van der Waals surface area (Å²) in [6.07, 6.45) is 0. The molecule has 0 atom stereocenters. The lowest BCUT2D eigenvalue weighted by Crippen LogP contribution is -1.99. The highest BCUT2D eigenvalue weighted by molar-refractivity contribution is 7.20. The van der Waals surface area contributed by atoms with Crippen LogP contribution in [0.1, 0.15) is 5.56 Å². The SMILES string of the molecule is c1cc2c(s1)-c1sccc1OC2. The Labute approximate surface area is 78.2 Å². The molecular formula is C9H6OS2. The van der Waals surface area contributed by atoms with Crippen molar-refractivity contribution < 1.29 is 4.74 Å². The van der Waals surface area contributed by atoms with Crippen LogP contribution in [0, 0.1) is 0 Å². The fourth-order valence-electron chi connectivity index (χ4n) is 1.38. The molecule has 3 heterocycles. The first kappa shape index (κ1) is 6.69. The number of fused-ring (bicyclic) bond motifs is 3. The van der Waals surface area contributed by atoms with E-state index >= 15 is 0 Å². The van der Waals surface area contributed by atoms with Crippen LogP contribution < -0.4 is 4.74 Å². The summed E-state index contributed by atoms with van der Waals surface area (Å²) in [6, 6.07) is 4.19. The van der Waals surface area contributed by atoms with Crippen LogP contribution in [0.2, 0.25) is 0 Å². The Bertz CT molecular complexity index is 373. The van der Waals surface area contributed by atoms with Crippen LogP contribution in [-0.4, -0.2) is 0 Å². The lowest BCUT2D eigenvalue weighted by molar-refractivity contribution is 0.305. The van der Waals surface area contributed by atoms with Crippen LogP contribution in [0.4, 0.5) is 0 Å². The van der Waals surface area contributed by atoms with Gasteiger partial charge in [-0.3, -0.25) is 0 Å². The van der Waals surface area contributed by atoms with Crippen LogP contribution in [-0.2, 0) is 6.61 Å². The van der Waals surface area contributed by atoms with E-state index in [2.05, 4.69) is 16.8 Å². The first-order chi connectivity index (χ1) is 5.95. The van der Waals surface area contributed by atoms with Crippen LogP contribution in [0.15, 0.2) is 22.9 Å². The molecule has 0 amide bonds. The van der Waals surface area contributed by atoms with Gasteiger partial charge in [-0.1, -0.05) is 0 Å². The van der Waals surface area contributed by atoms with Crippen molar-refractivity contribution in [2.75, 3.05) is 0 Å². The predicted octanol–water partition coefficient (Wildman–Crippen LogP) is 3.37. The van der Waals surface area contributed by atoms with Gasteiger partial charge in [0.1, 0.15) is 12.4 Å². The van der Waals surface area contributed by atoms with E-state index in [9.17, 15) is 0 Å². The molecule has 2 aromatic rings. The van der Waals surface area contributed by atoms with Gasteiger partial charge >= 0.3 is 0 Å². The summed E-state index contributed by atoms with van der Waals surface area (Å²) in [5.74, 6) is 1.05. The van der Waals surface area contributed by atoms with Crippen LogP contribution >= 0.6 is 22.7 Å². The average Bonchev–Trinajstić information content (AvgIpc) is 2.71. The smallest absolute Gasteiger partial charge is 0.139 e. The van der Waals surface area contributed by atoms with E-state index in [1.165, 1.54) is 15.3 Å². The summed E-state index contributed by atoms with van der Waals surface area (Å²) in [4.78, 5) is 2.69. The Morgan fingerprint density at radius 3 is 2.92 bits per heavy atom. The third-order valence-corrected chi connectivity index (χ3v) is 3.98. The minimum absolute atomic E-state index is 0.739. The van der Waals surface area contributed by atoms with Crippen LogP contribution in [0.5, 0.6) is 5.75 Å². The van der Waals surface area contributed by atoms with Gasteiger partial charge in [-0.15, -0.1) is 22.7 Å². The highest BCUT2D eigenvalue weighted by Crippen LogP contribution is 2.44. The van der Waals surface area contributed by atoms with Crippen molar-refractivity contribution in [3.05, 3.63) is 28.5 Å². The minimum atomic E-state index is 0.739. The second-order valence-corrected chi connectivity index (χ2v) is 4.51. The molecule has 0 saturated heterocycles. The maximum absolute atomic E-state index is 5.57. The Morgan fingerprint density at radius 1 is 1.08 bits per heavy atom. The predicted molar refractivity (Wildman–Crippen MR) is 52.0 cm³/mol. The molecule has 3 heteroatoms. The molecule has 1 aliphatic rings. The van der Waals surface area contributed by atoms with Crippen molar-refractivity contribution in [3.63, 3.8) is 0 Å². The normalized spacial score (nSPS) is 13.3. The number of hydrogen-bond donors (Lipinski definition) is 0. The zero-order valence-corrected chi connectivity index (χ0v) is 7.87. The van der Waals surface area contributed by atoms with E-state index in [1.807, 2.05) is 6.07 Å². The van der Waals surface area contributed by atoms with Crippen molar-refractivity contribution >= 4 is 22.7 Å². The Morgan fingerprint density at radius 2 is 1.92 bits per heavy atom. The molecule has 12 heavy (non-hydrogen) atoms. The number of ether oxygens (including phenoxy) is 1. The summed E-state index contributed by atoms with van der Waals surface area (Å²) < 4.78 is 5.57. The minimum Gasteiger partial charge on any atom is -0.487 e. The van der Waals surface area contributed by atoms with Gasteiger partial charge < -0.3 is 4.74 Å². The topological polar surface area (TPSA) is 9.23 Å². The molecule has 0 saturated carbocycles. The number of hydrogen-bond acceptors (Lipinski definition) is 3. The molecule has 0 spiro atoms. The first-order valence-electron chi connectivity index (χ1n) is 3.72. The van der Waals surface area contributed by atoms with Crippen molar-refractivity contribution in [2.24, 2.45) is 0 Å². The average molecular weight is 194 g/mol. The molecular weight excluding hydrogens is 188 g/mol. The maximum atomic E-state index is 5.57. The van der Waals surface area contributed by atoms with Crippen LogP contribution in [0.3, 0.4) is 0 Å². The molecule has 60 valence electrons. The van der Waals surface area contributed by atoms with Crippen molar-refractivity contribution in [2.45, 2.75) is 6.61 Å². The van der Waals surface area contributed by atoms with Crippen LogP contribution in [0.25, 0.3) is 9.75 Å². The van der Waals surface area contributed by atoms with E-state index in [-0.39, 0.29) is 0 Å². The standard InChI is InChI=1S/C9H6OS2/c1-3-11-8-6(1)5-10-7-2-4-12-9(7)8/h1-4H,5H2. The van der Waals surface area contributed by atoms with Crippen molar-refractivity contribution in [1.29, 1.82) is 0 Å². The van der Waals surface area contributed by atoms with Gasteiger partial charge in [0.05, 0.1) is 9.75 Å². The molecule has 0 aromatic carbocycles. The van der Waals surface area contributed by atoms with Gasteiger partial charge in [0, 0.05) is 5.56 Å². The fourth-order valence-corrected chi connectivity index (χ4v) is 3.33. The van der Waals surface area contributed by atoms with Gasteiger partial charge in [-0.2, -0.15) is 0 Å². The molecule has 0 radical (unpaired) electrons. The Hall–Kier alpha value is -0.800. The van der Waals surface area contributed by atoms with Gasteiger partial charge in [0.15, 0.2) is 0 Å². The molecule has 0 bridgehead atoms. The molecule has 0 N–H and O–H groups in total. The van der Waals surface area contributed by atoms with Gasteiger partial charge in [0.2, 0.25) is 0 Å². The van der Waals surface area contributed by atoms with Gasteiger partial charge in [0.25, 0.3) is 0 Å². The number of thiophene rings is 2. The van der Waals surface area contributed by atoms with E-state index in [0.29, 0.717) is 0 Å². The molecule has 0 unspecified atom stereocenters. The van der Waals surface area contributed by atoms with E-state index in [0.717, 1.165) is 12.4 Å². The summed E-state index contributed by atoms with van der Waals surface area (Å²) in [7, 11) is 0. The summed E-state index contributed by atoms with van der Waals surface area (Å²) in [5.41, 5.74) is 1.33. The van der Waals surface area contributed by atoms with Crippen molar-refractivity contribution in [1.82, 2.24) is 0 Å². The van der Waals surface area contributed by atoms with E-state index in [1.54, 1.807) is 22.7 Å². The lowest BCUT2D eigenvalue weighted by atomic mass is 10.2. The summed E-state index contributed by atoms with van der Waals surface area (Å²) in [5, 5.41) is 4.21. The van der Waals surface area contributed by atoms with Crippen molar-refractivity contribution in [3.8, 4) is 15.5 Å². The molecule has 2 aromatic heterocycles. The molecule has 0 aliphatic carbocycles. The molecule has 0 fully saturated rings.